The Hall–Kier alpha value is -1.66. The van der Waals surface area contributed by atoms with Crippen LogP contribution in [0.1, 0.15) is 5.69 Å². The van der Waals surface area contributed by atoms with Crippen LogP contribution < -0.4 is 5.73 Å². The smallest absolute Gasteiger partial charge is 0.175 e. The number of nitrogens with zero attached hydrogens (tertiary/aromatic N) is 2. The van der Waals surface area contributed by atoms with Crippen molar-refractivity contribution in [3.8, 4) is 11.3 Å². The molecule has 0 saturated carbocycles. The number of hydrogen-bond acceptors (Lipinski definition) is 4. The molecular formula is C12H15N3O2S. The molecule has 0 aliphatic rings. The number of imidazole rings is 1. The molecule has 2 aromatic rings. The fraction of sp³-hybridized carbons (Fsp3) is 0.250. The Morgan fingerprint density at radius 2 is 1.89 bits per heavy atom. The average Bonchev–Trinajstić information content (AvgIpc) is 2.69. The van der Waals surface area contributed by atoms with E-state index in [9.17, 15) is 8.42 Å². The first-order chi connectivity index (χ1) is 8.43. The third-order valence-electron chi connectivity index (χ3n) is 2.81. The molecule has 0 saturated heterocycles. The Morgan fingerprint density at radius 1 is 1.28 bits per heavy atom. The van der Waals surface area contributed by atoms with Crippen molar-refractivity contribution in [1.82, 2.24) is 9.55 Å². The maximum Gasteiger partial charge on any atom is 0.175 e. The van der Waals surface area contributed by atoms with Gasteiger partial charge in [-0.05, 0) is 12.1 Å². The minimum atomic E-state index is -3.16. The Bertz CT molecular complexity index is 657. The molecule has 1 aromatic heterocycles. The van der Waals surface area contributed by atoms with Crippen LogP contribution in [-0.4, -0.2) is 24.2 Å². The lowest BCUT2D eigenvalue weighted by Gasteiger charge is -2.04. The van der Waals surface area contributed by atoms with Crippen LogP contribution in [0.5, 0.6) is 0 Å². The molecule has 1 aromatic carbocycles. The molecule has 0 radical (unpaired) electrons. The Morgan fingerprint density at radius 3 is 2.39 bits per heavy atom. The van der Waals surface area contributed by atoms with E-state index in [0.29, 0.717) is 11.4 Å². The molecule has 18 heavy (non-hydrogen) atoms. The van der Waals surface area contributed by atoms with Crippen molar-refractivity contribution < 1.29 is 8.42 Å². The molecule has 0 aliphatic heterocycles. The molecule has 0 bridgehead atoms. The molecule has 0 unspecified atom stereocenters. The van der Waals surface area contributed by atoms with Crippen molar-refractivity contribution in [2.45, 2.75) is 11.4 Å². The SMILES string of the molecule is Cn1cnc(-c2ccc(S(C)(=O)=O)cc2)c1CN. The van der Waals surface area contributed by atoms with Crippen molar-refractivity contribution >= 4 is 9.84 Å². The molecule has 0 spiro atoms. The maximum absolute atomic E-state index is 11.4. The van der Waals surface area contributed by atoms with Crippen molar-refractivity contribution in [3.05, 3.63) is 36.3 Å². The predicted octanol–water partition coefficient (Wildman–Crippen LogP) is 0.949. The van der Waals surface area contributed by atoms with Gasteiger partial charge in [-0.15, -0.1) is 0 Å². The number of sulfone groups is 1. The van der Waals surface area contributed by atoms with Crippen LogP contribution in [0.3, 0.4) is 0 Å². The average molecular weight is 265 g/mol. The van der Waals surface area contributed by atoms with Gasteiger partial charge < -0.3 is 10.3 Å². The van der Waals surface area contributed by atoms with Crippen molar-refractivity contribution in [2.75, 3.05) is 6.26 Å². The van der Waals surface area contributed by atoms with Crippen LogP contribution in [0, 0.1) is 0 Å². The second kappa shape index (κ2) is 4.55. The molecule has 0 fully saturated rings. The fourth-order valence-electron chi connectivity index (χ4n) is 1.80. The monoisotopic (exact) mass is 265 g/mol. The van der Waals surface area contributed by atoms with Gasteiger partial charge in [-0.2, -0.15) is 0 Å². The third kappa shape index (κ3) is 2.30. The highest BCUT2D eigenvalue weighted by atomic mass is 32.2. The van der Waals surface area contributed by atoms with E-state index in [0.717, 1.165) is 17.0 Å². The summed E-state index contributed by atoms with van der Waals surface area (Å²) in [4.78, 5) is 4.58. The Balaban J connectivity index is 2.47. The van der Waals surface area contributed by atoms with Gasteiger partial charge in [0.1, 0.15) is 0 Å². The van der Waals surface area contributed by atoms with E-state index in [-0.39, 0.29) is 0 Å². The number of benzene rings is 1. The highest BCUT2D eigenvalue weighted by molar-refractivity contribution is 7.90. The number of rotatable bonds is 3. The van der Waals surface area contributed by atoms with E-state index in [1.807, 2.05) is 11.6 Å². The molecule has 1 heterocycles. The highest BCUT2D eigenvalue weighted by Gasteiger charge is 2.11. The minimum absolute atomic E-state index is 0.302. The van der Waals surface area contributed by atoms with E-state index < -0.39 is 9.84 Å². The molecule has 0 aliphatic carbocycles. The summed E-state index contributed by atoms with van der Waals surface area (Å²) in [5.41, 5.74) is 8.25. The lowest BCUT2D eigenvalue weighted by Crippen LogP contribution is -2.04. The summed E-state index contributed by atoms with van der Waals surface area (Å²) < 4.78 is 24.6. The van der Waals surface area contributed by atoms with Gasteiger partial charge in [0.25, 0.3) is 0 Å². The zero-order valence-electron chi connectivity index (χ0n) is 10.3. The Labute approximate surface area is 106 Å². The van der Waals surface area contributed by atoms with E-state index in [4.69, 9.17) is 5.73 Å². The van der Waals surface area contributed by atoms with Crippen molar-refractivity contribution in [2.24, 2.45) is 12.8 Å². The first kappa shape index (κ1) is 12.8. The zero-order chi connectivity index (χ0) is 13.3. The van der Waals surface area contributed by atoms with Crippen molar-refractivity contribution in [1.29, 1.82) is 0 Å². The van der Waals surface area contributed by atoms with Crippen LogP contribution in [-0.2, 0) is 23.4 Å². The topological polar surface area (TPSA) is 78.0 Å². The zero-order valence-corrected chi connectivity index (χ0v) is 11.1. The number of aromatic nitrogens is 2. The molecule has 96 valence electrons. The molecule has 6 heteroatoms. The maximum atomic E-state index is 11.4. The van der Waals surface area contributed by atoms with Gasteiger partial charge in [-0.25, -0.2) is 13.4 Å². The van der Waals surface area contributed by atoms with E-state index >= 15 is 0 Å². The summed E-state index contributed by atoms with van der Waals surface area (Å²) in [6.45, 7) is 0.389. The molecule has 0 amide bonds. The minimum Gasteiger partial charge on any atom is -0.336 e. The fourth-order valence-corrected chi connectivity index (χ4v) is 2.43. The summed E-state index contributed by atoms with van der Waals surface area (Å²) in [7, 11) is -1.28. The van der Waals surface area contributed by atoms with Crippen LogP contribution in [0.15, 0.2) is 35.5 Å². The first-order valence-electron chi connectivity index (χ1n) is 5.44. The van der Waals surface area contributed by atoms with E-state index in [2.05, 4.69) is 4.98 Å². The molecule has 0 atom stereocenters. The van der Waals surface area contributed by atoms with E-state index in [1.54, 1.807) is 30.6 Å². The molecule has 2 rings (SSSR count). The predicted molar refractivity (Wildman–Crippen MR) is 69.6 cm³/mol. The van der Waals surface area contributed by atoms with Gasteiger partial charge in [0.2, 0.25) is 0 Å². The number of hydrogen-bond donors (Lipinski definition) is 1. The second-order valence-electron chi connectivity index (χ2n) is 4.15. The van der Waals surface area contributed by atoms with Gasteiger partial charge in [0.05, 0.1) is 22.6 Å². The second-order valence-corrected chi connectivity index (χ2v) is 6.17. The lowest BCUT2D eigenvalue weighted by atomic mass is 10.1. The normalized spacial score (nSPS) is 11.7. The van der Waals surface area contributed by atoms with Gasteiger partial charge in [-0.1, -0.05) is 12.1 Å². The molecular weight excluding hydrogens is 250 g/mol. The third-order valence-corrected chi connectivity index (χ3v) is 3.94. The van der Waals surface area contributed by atoms with Gasteiger partial charge in [-0.3, -0.25) is 0 Å². The van der Waals surface area contributed by atoms with Crippen LogP contribution in [0.25, 0.3) is 11.3 Å². The largest absolute Gasteiger partial charge is 0.336 e. The summed E-state index contributed by atoms with van der Waals surface area (Å²) >= 11 is 0. The summed E-state index contributed by atoms with van der Waals surface area (Å²) in [6, 6.07) is 6.66. The van der Waals surface area contributed by atoms with Crippen LogP contribution in [0.2, 0.25) is 0 Å². The lowest BCUT2D eigenvalue weighted by molar-refractivity contribution is 0.602. The number of nitrogens with two attached hydrogens (primary N) is 1. The summed E-state index contributed by atoms with van der Waals surface area (Å²) in [5, 5.41) is 0. The highest BCUT2D eigenvalue weighted by Crippen LogP contribution is 2.23. The Kier molecular flexibility index (Phi) is 3.23. The van der Waals surface area contributed by atoms with Crippen LogP contribution in [0.4, 0.5) is 0 Å². The summed E-state index contributed by atoms with van der Waals surface area (Å²) in [5.74, 6) is 0. The number of aryl methyl sites for hydroxylation is 1. The van der Waals surface area contributed by atoms with Crippen molar-refractivity contribution in [3.63, 3.8) is 0 Å². The van der Waals surface area contributed by atoms with Gasteiger partial charge >= 0.3 is 0 Å². The summed E-state index contributed by atoms with van der Waals surface area (Å²) in [6.07, 6.45) is 2.89. The quantitative estimate of drug-likeness (QED) is 0.896. The molecule has 2 N–H and O–H groups in total. The standard InChI is InChI=1S/C12H15N3O2S/c1-15-8-14-12(11(15)7-13)9-3-5-10(6-4-9)18(2,16)17/h3-6,8H,7,13H2,1-2H3. The van der Waals surface area contributed by atoms with Crippen LogP contribution >= 0.6 is 0 Å². The van der Waals surface area contributed by atoms with Gasteiger partial charge in [0.15, 0.2) is 9.84 Å². The first-order valence-corrected chi connectivity index (χ1v) is 7.33. The van der Waals surface area contributed by atoms with Gasteiger partial charge in [0, 0.05) is 25.4 Å². The molecule has 5 nitrogen and oxygen atoms in total. The van der Waals surface area contributed by atoms with E-state index in [1.165, 1.54) is 6.26 Å².